The number of rotatable bonds is 2. The molecule has 0 amide bonds. The van der Waals surface area contributed by atoms with E-state index in [9.17, 15) is 5.11 Å². The monoisotopic (exact) mass is 391 g/mol. The molecule has 0 aliphatic carbocycles. The van der Waals surface area contributed by atoms with Crippen LogP contribution in [0.25, 0.3) is 10.9 Å². The number of aromatic nitrogens is 1. The molecule has 0 aliphatic heterocycles. The van der Waals surface area contributed by atoms with E-state index in [1.807, 2.05) is 48.5 Å². The lowest BCUT2D eigenvalue weighted by Crippen LogP contribution is -2.00. The summed E-state index contributed by atoms with van der Waals surface area (Å²) in [6.45, 7) is 0. The Hall–Kier alpha value is -1.23. The first kappa shape index (κ1) is 13.7. The van der Waals surface area contributed by atoms with Crippen molar-refractivity contribution in [1.29, 1.82) is 0 Å². The molecular weight excluding hydrogens is 382 g/mol. The Labute approximate surface area is 133 Å². The predicted molar refractivity (Wildman–Crippen MR) is 87.6 cm³/mol. The summed E-state index contributed by atoms with van der Waals surface area (Å²) in [6.07, 6.45) is 1.04. The Balaban J connectivity index is 2.02. The molecule has 2 aromatic carbocycles. The van der Waals surface area contributed by atoms with Gasteiger partial charge in [-0.2, -0.15) is 0 Å². The summed E-state index contributed by atoms with van der Waals surface area (Å²) in [5.41, 5.74) is 2.55. The van der Waals surface area contributed by atoms with Crippen LogP contribution in [0.4, 0.5) is 0 Å². The average Bonchev–Trinajstić information content (AvgIpc) is 2.49. The lowest BCUT2D eigenvalue weighted by Gasteiger charge is -2.12. The minimum Gasteiger partial charge on any atom is -0.384 e. The highest BCUT2D eigenvalue weighted by Crippen LogP contribution is 2.30. The standard InChI is InChI=1S/C16H11Br2NO/c17-13-6-5-11(8-14(13)18)16(20)12-7-10-3-1-2-4-15(10)19-9-12/h1-9,16,20H. The molecule has 1 unspecified atom stereocenters. The third-order valence-corrected chi connectivity index (χ3v) is 5.07. The highest BCUT2D eigenvalue weighted by atomic mass is 79.9. The second kappa shape index (κ2) is 5.64. The van der Waals surface area contributed by atoms with Crippen LogP contribution in [0.1, 0.15) is 17.2 Å². The first-order valence-corrected chi connectivity index (χ1v) is 7.71. The molecule has 4 heteroatoms. The van der Waals surface area contributed by atoms with Crippen molar-refractivity contribution in [3.63, 3.8) is 0 Å². The van der Waals surface area contributed by atoms with Crippen molar-refractivity contribution >= 4 is 42.8 Å². The van der Waals surface area contributed by atoms with Crippen molar-refractivity contribution in [2.24, 2.45) is 0 Å². The molecule has 0 saturated heterocycles. The van der Waals surface area contributed by atoms with Gasteiger partial charge in [-0.25, -0.2) is 0 Å². The van der Waals surface area contributed by atoms with Crippen LogP contribution >= 0.6 is 31.9 Å². The fourth-order valence-corrected chi connectivity index (χ4v) is 2.76. The number of nitrogens with zero attached hydrogens (tertiary/aromatic N) is 1. The molecule has 0 radical (unpaired) electrons. The third-order valence-electron chi connectivity index (χ3n) is 3.19. The highest BCUT2D eigenvalue weighted by molar-refractivity contribution is 9.13. The lowest BCUT2D eigenvalue weighted by molar-refractivity contribution is 0.220. The molecule has 0 spiro atoms. The molecule has 0 bridgehead atoms. The fourth-order valence-electron chi connectivity index (χ4n) is 2.11. The molecular formula is C16H11Br2NO. The molecule has 0 saturated carbocycles. The van der Waals surface area contributed by atoms with Crippen molar-refractivity contribution in [2.75, 3.05) is 0 Å². The van der Waals surface area contributed by atoms with Gasteiger partial charge >= 0.3 is 0 Å². The van der Waals surface area contributed by atoms with Gasteiger partial charge in [-0.1, -0.05) is 24.3 Å². The Morgan fingerprint density at radius 2 is 1.70 bits per heavy atom. The zero-order chi connectivity index (χ0) is 14.1. The van der Waals surface area contributed by atoms with Gasteiger partial charge in [-0.15, -0.1) is 0 Å². The van der Waals surface area contributed by atoms with E-state index in [-0.39, 0.29) is 0 Å². The Kier molecular flexibility index (Phi) is 3.87. The van der Waals surface area contributed by atoms with Crippen LogP contribution in [0.15, 0.2) is 63.7 Å². The van der Waals surface area contributed by atoms with Gasteiger partial charge in [0.05, 0.1) is 5.52 Å². The van der Waals surface area contributed by atoms with Gasteiger partial charge < -0.3 is 5.11 Å². The molecule has 1 atom stereocenters. The second-order valence-electron chi connectivity index (χ2n) is 4.54. The van der Waals surface area contributed by atoms with Crippen LogP contribution in [-0.2, 0) is 0 Å². The SMILES string of the molecule is OC(c1ccc(Br)c(Br)c1)c1cnc2ccccc2c1. The number of fused-ring (bicyclic) bond motifs is 1. The van der Waals surface area contributed by atoms with Crippen LogP contribution in [0.2, 0.25) is 0 Å². The number of halogens is 2. The van der Waals surface area contributed by atoms with E-state index in [2.05, 4.69) is 36.8 Å². The van der Waals surface area contributed by atoms with Gasteiger partial charge in [-0.3, -0.25) is 4.98 Å². The first-order valence-electron chi connectivity index (χ1n) is 6.13. The quantitative estimate of drug-likeness (QED) is 0.676. The van der Waals surface area contributed by atoms with Gasteiger partial charge in [0.2, 0.25) is 0 Å². The minimum absolute atomic E-state index is 0.684. The summed E-state index contributed by atoms with van der Waals surface area (Å²) >= 11 is 6.88. The number of aliphatic hydroxyl groups is 1. The summed E-state index contributed by atoms with van der Waals surface area (Å²) in [6, 6.07) is 15.6. The van der Waals surface area contributed by atoms with Crippen molar-refractivity contribution < 1.29 is 5.11 Å². The summed E-state index contributed by atoms with van der Waals surface area (Å²) in [4.78, 5) is 4.39. The molecule has 1 aromatic heterocycles. The maximum atomic E-state index is 10.5. The van der Waals surface area contributed by atoms with Gasteiger partial charge in [0.25, 0.3) is 0 Å². The molecule has 2 nitrogen and oxygen atoms in total. The first-order chi connectivity index (χ1) is 9.65. The third kappa shape index (κ3) is 2.64. The van der Waals surface area contributed by atoms with Crippen LogP contribution in [0.5, 0.6) is 0 Å². The van der Waals surface area contributed by atoms with Crippen LogP contribution in [0.3, 0.4) is 0 Å². The van der Waals surface area contributed by atoms with E-state index in [0.29, 0.717) is 0 Å². The Bertz CT molecular complexity index is 773. The normalized spacial score (nSPS) is 12.6. The van der Waals surface area contributed by atoms with E-state index < -0.39 is 6.10 Å². The molecule has 100 valence electrons. The zero-order valence-corrected chi connectivity index (χ0v) is 13.6. The molecule has 1 N–H and O–H groups in total. The smallest absolute Gasteiger partial charge is 0.106 e. The summed E-state index contributed by atoms with van der Waals surface area (Å²) in [7, 11) is 0. The summed E-state index contributed by atoms with van der Waals surface area (Å²) in [5.74, 6) is 0. The van der Waals surface area contributed by atoms with E-state index in [0.717, 1.165) is 31.0 Å². The van der Waals surface area contributed by atoms with Crippen molar-refractivity contribution in [1.82, 2.24) is 4.98 Å². The van der Waals surface area contributed by atoms with Gasteiger partial charge in [0.15, 0.2) is 0 Å². The number of pyridine rings is 1. The van der Waals surface area contributed by atoms with Crippen LogP contribution in [0, 0.1) is 0 Å². The molecule has 3 aromatic rings. The van der Waals surface area contributed by atoms with Gasteiger partial charge in [0, 0.05) is 26.1 Å². The largest absolute Gasteiger partial charge is 0.384 e. The molecule has 0 fully saturated rings. The van der Waals surface area contributed by atoms with E-state index >= 15 is 0 Å². The summed E-state index contributed by atoms with van der Waals surface area (Å²) < 4.78 is 1.88. The minimum atomic E-state index is -0.684. The second-order valence-corrected chi connectivity index (χ2v) is 6.25. The molecule has 0 aliphatic rings. The number of benzene rings is 2. The summed E-state index contributed by atoms with van der Waals surface area (Å²) in [5, 5.41) is 11.5. The Morgan fingerprint density at radius 3 is 2.50 bits per heavy atom. The van der Waals surface area contributed by atoms with E-state index in [1.54, 1.807) is 6.20 Å². The maximum Gasteiger partial charge on any atom is 0.106 e. The maximum absolute atomic E-state index is 10.5. The molecule has 1 heterocycles. The van der Waals surface area contributed by atoms with E-state index in [4.69, 9.17) is 0 Å². The predicted octanol–water partition coefficient (Wildman–Crippen LogP) is 4.84. The zero-order valence-electron chi connectivity index (χ0n) is 10.4. The number of aliphatic hydroxyl groups excluding tert-OH is 1. The number of para-hydroxylation sites is 1. The average molecular weight is 393 g/mol. The highest BCUT2D eigenvalue weighted by Gasteiger charge is 2.12. The van der Waals surface area contributed by atoms with Gasteiger partial charge in [0.1, 0.15) is 6.10 Å². The Morgan fingerprint density at radius 1 is 0.900 bits per heavy atom. The molecule has 3 rings (SSSR count). The van der Waals surface area contributed by atoms with Crippen LogP contribution < -0.4 is 0 Å². The van der Waals surface area contributed by atoms with Crippen molar-refractivity contribution in [3.05, 3.63) is 74.8 Å². The fraction of sp³-hybridized carbons (Fsp3) is 0.0625. The van der Waals surface area contributed by atoms with Gasteiger partial charge in [-0.05, 0) is 61.7 Å². The van der Waals surface area contributed by atoms with Crippen molar-refractivity contribution in [2.45, 2.75) is 6.10 Å². The van der Waals surface area contributed by atoms with Crippen LogP contribution in [-0.4, -0.2) is 10.1 Å². The van der Waals surface area contributed by atoms with Crippen molar-refractivity contribution in [3.8, 4) is 0 Å². The number of hydrogen-bond donors (Lipinski definition) is 1. The lowest BCUT2D eigenvalue weighted by atomic mass is 10.0. The van der Waals surface area contributed by atoms with E-state index in [1.165, 1.54) is 0 Å². The molecule has 20 heavy (non-hydrogen) atoms. The number of hydrogen-bond acceptors (Lipinski definition) is 2. The topological polar surface area (TPSA) is 33.1 Å².